The van der Waals surface area contributed by atoms with Crippen LogP contribution >= 0.6 is 7.26 Å². The van der Waals surface area contributed by atoms with Crippen LogP contribution in [0.1, 0.15) is 35.4 Å². The topological polar surface area (TPSA) is 86.3 Å². The second-order valence-corrected chi connectivity index (χ2v) is 21.9. The predicted octanol–water partition coefficient (Wildman–Crippen LogP) is 8.06. The number of aryl methyl sites for hydroxylation is 1. The van der Waals surface area contributed by atoms with Crippen molar-refractivity contribution in [3.63, 3.8) is 0 Å². The van der Waals surface area contributed by atoms with Crippen LogP contribution in [0.2, 0.25) is 0 Å². The molecule has 8 nitrogen and oxygen atoms in total. The molecule has 2 aliphatic rings. The molecule has 1 saturated heterocycles. The zero-order valence-electron chi connectivity index (χ0n) is 35.2. The first-order valence-electron chi connectivity index (χ1n) is 21.2. The normalized spacial score (nSPS) is 18.5. The third-order valence-corrected chi connectivity index (χ3v) is 20.3. The van der Waals surface area contributed by atoms with E-state index in [-0.39, 0.29) is 12.0 Å². The molecule has 0 aromatic heterocycles. The minimum absolute atomic E-state index is 0.136. The van der Waals surface area contributed by atoms with Gasteiger partial charge < -0.3 is 29.2 Å². The second kappa shape index (κ2) is 19.4. The molecule has 0 bridgehead atoms. The minimum Gasteiger partial charge on any atom is -0.497 e. The van der Waals surface area contributed by atoms with Gasteiger partial charge in [-0.1, -0.05) is 90.5 Å². The van der Waals surface area contributed by atoms with E-state index in [9.17, 15) is 0 Å². The van der Waals surface area contributed by atoms with Crippen LogP contribution in [0.3, 0.4) is 0 Å². The number of benzene rings is 6. The fourth-order valence-corrected chi connectivity index (χ4v) is 18.2. The van der Waals surface area contributed by atoms with Crippen LogP contribution < -0.4 is 35.6 Å². The van der Waals surface area contributed by atoms with Gasteiger partial charge in [0.25, 0.3) is 0 Å². The molecule has 10 heteroatoms. The summed E-state index contributed by atoms with van der Waals surface area (Å²) in [6, 6.07) is 52.4. The van der Waals surface area contributed by atoms with Gasteiger partial charge in [-0.05, 0) is 104 Å². The first kappa shape index (κ1) is 42.7. The van der Waals surface area contributed by atoms with E-state index in [1.54, 1.807) is 26.4 Å². The Balaban J connectivity index is 1.23. The minimum atomic E-state index is -4.03. The van der Waals surface area contributed by atoms with Crippen molar-refractivity contribution in [1.29, 1.82) is 0 Å². The summed E-state index contributed by atoms with van der Waals surface area (Å²) >= 11 is 0. The number of sulfone groups is 1. The first-order valence-corrected chi connectivity index (χ1v) is 24.6. The van der Waals surface area contributed by atoms with Crippen LogP contribution in [-0.4, -0.2) is 72.6 Å². The highest BCUT2D eigenvalue weighted by molar-refractivity contribution is 8.10. The van der Waals surface area contributed by atoms with E-state index in [0.29, 0.717) is 37.7 Å². The second-order valence-electron chi connectivity index (χ2n) is 15.9. The van der Waals surface area contributed by atoms with Gasteiger partial charge in [0.05, 0.1) is 43.0 Å². The van der Waals surface area contributed by atoms with E-state index in [0.717, 1.165) is 69.3 Å². The Hall–Kier alpha value is -5.02. The Labute approximate surface area is 362 Å². The maximum absolute atomic E-state index is 16.0. The highest BCUT2D eigenvalue weighted by atomic mass is 32.2. The van der Waals surface area contributed by atoms with Gasteiger partial charge in [-0.3, -0.25) is 0 Å². The highest BCUT2D eigenvalue weighted by Gasteiger charge is 2.62. The molecule has 61 heavy (non-hydrogen) atoms. The quantitative estimate of drug-likeness (QED) is 0.0774. The van der Waals surface area contributed by atoms with Crippen molar-refractivity contribution in [2.24, 2.45) is 0 Å². The Kier molecular flexibility index (Phi) is 13.5. The third kappa shape index (κ3) is 9.00. The number of nitrogens with one attached hydrogen (secondary N) is 1. The number of hydrogen-bond acceptors (Lipinski definition) is 8. The van der Waals surface area contributed by atoms with E-state index in [1.165, 1.54) is 0 Å². The standard InChI is InChI=1S/C51H56N2O6PS/c1-38-20-27-45(28-21-38)61(54,55)51(60(42-14-7-4-8-15-42,43-16-9-5-10-17-43)44-18-11-6-12-19-44)47-35-46(40-23-25-41(57-3)26-24-40)50(36-52-47)59-37-39-22-29-49-48(34-39)53(31-33-58-49)30-13-32-56-2/h4-12,14-29,34,46-47,50-52H,13,30-33,35-37H2,1-3H3/q+1/t46-,47+,50+,51?/m1/s1. The fourth-order valence-electron chi connectivity index (χ4n) is 9.20. The van der Waals surface area contributed by atoms with E-state index >= 15 is 8.42 Å². The van der Waals surface area contributed by atoms with Crippen molar-refractivity contribution < 1.29 is 27.4 Å². The van der Waals surface area contributed by atoms with Gasteiger partial charge >= 0.3 is 0 Å². The summed E-state index contributed by atoms with van der Waals surface area (Å²) in [5, 5.41) is 6.92. The molecule has 2 aliphatic heterocycles. The fraction of sp³-hybridized carbons (Fsp3) is 0.294. The number of methoxy groups -OCH3 is 2. The number of anilines is 1. The average molecular weight is 856 g/mol. The molecule has 1 fully saturated rings. The Morgan fingerprint density at radius 1 is 0.787 bits per heavy atom. The zero-order valence-corrected chi connectivity index (χ0v) is 36.9. The average Bonchev–Trinajstić information content (AvgIpc) is 3.31. The molecule has 6 aromatic carbocycles. The van der Waals surface area contributed by atoms with Crippen LogP contribution in [0.15, 0.2) is 163 Å². The summed E-state index contributed by atoms with van der Waals surface area (Å²) in [4.78, 5) is 1.82. The molecule has 316 valence electrons. The Morgan fingerprint density at radius 3 is 2.00 bits per heavy atom. The monoisotopic (exact) mass is 855 g/mol. The van der Waals surface area contributed by atoms with Crippen LogP contribution in [0, 0.1) is 6.92 Å². The van der Waals surface area contributed by atoms with Gasteiger partial charge in [0.2, 0.25) is 14.8 Å². The van der Waals surface area contributed by atoms with Crippen molar-refractivity contribution in [2.75, 3.05) is 52.0 Å². The summed E-state index contributed by atoms with van der Waals surface area (Å²) in [6.07, 6.45) is 1.19. The molecule has 1 unspecified atom stereocenters. The lowest BCUT2D eigenvalue weighted by molar-refractivity contribution is 0.00380. The van der Waals surface area contributed by atoms with Crippen LogP contribution in [0.5, 0.6) is 11.5 Å². The molecule has 0 aliphatic carbocycles. The molecule has 6 aromatic rings. The molecule has 4 atom stereocenters. The predicted molar refractivity (Wildman–Crippen MR) is 249 cm³/mol. The summed E-state index contributed by atoms with van der Waals surface area (Å²) in [6.45, 7) is 5.89. The smallest absolute Gasteiger partial charge is 0.218 e. The molecule has 0 amide bonds. The van der Waals surface area contributed by atoms with Crippen molar-refractivity contribution in [3.8, 4) is 11.5 Å². The Morgan fingerprint density at radius 2 is 1.41 bits per heavy atom. The van der Waals surface area contributed by atoms with Gasteiger partial charge in [-0.15, -0.1) is 0 Å². The van der Waals surface area contributed by atoms with Gasteiger partial charge in [-0.25, -0.2) is 8.42 Å². The summed E-state index contributed by atoms with van der Waals surface area (Å²) in [5.41, 5.74) is 4.21. The van der Waals surface area contributed by atoms with Crippen LogP contribution in [0.25, 0.3) is 0 Å². The lowest BCUT2D eigenvalue weighted by Gasteiger charge is -2.43. The number of rotatable bonds is 16. The van der Waals surface area contributed by atoms with Crippen molar-refractivity contribution >= 4 is 38.7 Å². The number of piperidine rings is 1. The number of nitrogens with zero attached hydrogens (tertiary/aromatic N) is 1. The number of hydrogen-bond donors (Lipinski definition) is 1. The molecule has 0 radical (unpaired) electrons. The third-order valence-electron chi connectivity index (χ3n) is 12.2. The van der Waals surface area contributed by atoms with Gasteiger partial charge in [0.1, 0.15) is 41.3 Å². The SMILES string of the molecule is COCCCN1CCOc2ccc(CO[C@H]3CN[C@H](C([P+](c4ccccc4)(c4ccccc4)c4ccccc4)S(=O)(=O)c4ccc(C)cc4)C[C@@H]3c3ccc(OC)cc3)cc21. The van der Waals surface area contributed by atoms with Crippen molar-refractivity contribution in [2.45, 2.75) is 54.3 Å². The number of fused-ring (bicyclic) bond motifs is 1. The number of ether oxygens (including phenoxy) is 4. The highest BCUT2D eigenvalue weighted by Crippen LogP contribution is 2.64. The molecular formula is C51H56N2O6PS+. The van der Waals surface area contributed by atoms with Crippen molar-refractivity contribution in [3.05, 3.63) is 174 Å². The molecule has 8 rings (SSSR count). The lowest BCUT2D eigenvalue weighted by atomic mass is 9.84. The molecule has 0 spiro atoms. The van der Waals surface area contributed by atoms with E-state index in [2.05, 4.69) is 70.9 Å². The maximum atomic E-state index is 16.0. The zero-order chi connectivity index (χ0) is 42.2. The van der Waals surface area contributed by atoms with Gasteiger partial charge in [0.15, 0.2) is 0 Å². The van der Waals surface area contributed by atoms with Gasteiger partial charge in [0, 0.05) is 32.7 Å². The summed E-state index contributed by atoms with van der Waals surface area (Å²) in [5.74, 6) is 1.51. The molecule has 2 heterocycles. The van der Waals surface area contributed by atoms with Crippen molar-refractivity contribution in [1.82, 2.24) is 5.32 Å². The van der Waals surface area contributed by atoms with E-state index in [4.69, 9.17) is 18.9 Å². The Bertz CT molecular complexity index is 2340. The van der Waals surface area contributed by atoms with Crippen LogP contribution in [0.4, 0.5) is 5.69 Å². The summed E-state index contributed by atoms with van der Waals surface area (Å²) in [7, 11) is -3.63. The van der Waals surface area contributed by atoms with E-state index < -0.39 is 28.1 Å². The largest absolute Gasteiger partial charge is 0.497 e. The van der Waals surface area contributed by atoms with Crippen LogP contribution in [-0.2, 0) is 25.9 Å². The maximum Gasteiger partial charge on any atom is 0.218 e. The van der Waals surface area contributed by atoms with E-state index in [1.807, 2.05) is 91.9 Å². The lowest BCUT2D eigenvalue weighted by Crippen LogP contribution is -2.57. The molecule has 0 saturated carbocycles. The summed E-state index contributed by atoms with van der Waals surface area (Å²) < 4.78 is 55.9. The molecular weight excluding hydrogens is 800 g/mol. The first-order chi connectivity index (χ1) is 29.8. The van der Waals surface area contributed by atoms with Gasteiger partial charge in [-0.2, -0.15) is 0 Å². The molecule has 1 N–H and O–H groups in total.